The first-order valence-corrected chi connectivity index (χ1v) is 7.22. The number of rotatable bonds is 7. The summed E-state index contributed by atoms with van der Waals surface area (Å²) in [5, 5.41) is 1.16. The summed E-state index contributed by atoms with van der Waals surface area (Å²) in [6.07, 6.45) is 2.27. The minimum Gasteiger partial charge on any atom is -0.459 e. The van der Waals surface area contributed by atoms with E-state index in [0.717, 1.165) is 42.7 Å². The molecule has 1 aromatic heterocycles. The van der Waals surface area contributed by atoms with Crippen LogP contribution in [-0.4, -0.2) is 24.5 Å². The SMILES string of the molecule is CCCN(CCC)C(CN)c1cc2ccccc2o1. The van der Waals surface area contributed by atoms with Gasteiger partial charge in [0.1, 0.15) is 11.3 Å². The van der Waals surface area contributed by atoms with E-state index in [1.165, 1.54) is 0 Å². The highest BCUT2D eigenvalue weighted by Gasteiger charge is 2.21. The fourth-order valence-electron chi connectivity index (χ4n) is 2.61. The van der Waals surface area contributed by atoms with E-state index in [-0.39, 0.29) is 6.04 Å². The third-order valence-corrected chi connectivity index (χ3v) is 3.46. The molecule has 3 nitrogen and oxygen atoms in total. The van der Waals surface area contributed by atoms with Gasteiger partial charge in [-0.3, -0.25) is 4.90 Å². The van der Waals surface area contributed by atoms with E-state index < -0.39 is 0 Å². The number of nitrogens with zero attached hydrogens (tertiary/aromatic N) is 1. The van der Waals surface area contributed by atoms with Gasteiger partial charge in [-0.25, -0.2) is 0 Å². The second-order valence-corrected chi connectivity index (χ2v) is 4.97. The molecular formula is C16H24N2O. The molecule has 2 N–H and O–H groups in total. The fraction of sp³-hybridized carbons (Fsp3) is 0.500. The molecule has 0 aliphatic heterocycles. The van der Waals surface area contributed by atoms with Gasteiger partial charge in [0.2, 0.25) is 0 Å². The molecule has 0 aliphatic rings. The summed E-state index contributed by atoms with van der Waals surface area (Å²) in [6.45, 7) is 7.13. The molecule has 2 aromatic rings. The van der Waals surface area contributed by atoms with Crippen LogP contribution >= 0.6 is 0 Å². The lowest BCUT2D eigenvalue weighted by molar-refractivity contribution is 0.182. The Hall–Kier alpha value is -1.32. The zero-order valence-electron chi connectivity index (χ0n) is 11.9. The van der Waals surface area contributed by atoms with Crippen molar-refractivity contribution in [3.63, 3.8) is 0 Å². The highest BCUT2D eigenvalue weighted by atomic mass is 16.3. The first kappa shape index (κ1) is 14.1. The second-order valence-electron chi connectivity index (χ2n) is 4.97. The Morgan fingerprint density at radius 1 is 1.16 bits per heavy atom. The Labute approximate surface area is 115 Å². The van der Waals surface area contributed by atoms with Gasteiger partial charge in [0.15, 0.2) is 0 Å². The molecular weight excluding hydrogens is 236 g/mol. The van der Waals surface area contributed by atoms with E-state index in [4.69, 9.17) is 10.2 Å². The zero-order chi connectivity index (χ0) is 13.7. The van der Waals surface area contributed by atoms with Crippen molar-refractivity contribution in [3.8, 4) is 0 Å². The number of para-hydroxylation sites is 1. The van der Waals surface area contributed by atoms with Gasteiger partial charge in [-0.2, -0.15) is 0 Å². The van der Waals surface area contributed by atoms with Gasteiger partial charge in [-0.1, -0.05) is 32.0 Å². The van der Waals surface area contributed by atoms with E-state index in [0.29, 0.717) is 6.54 Å². The Morgan fingerprint density at radius 3 is 2.42 bits per heavy atom. The van der Waals surface area contributed by atoms with Crippen LogP contribution in [0.2, 0.25) is 0 Å². The van der Waals surface area contributed by atoms with Gasteiger partial charge < -0.3 is 10.2 Å². The van der Waals surface area contributed by atoms with E-state index in [2.05, 4.69) is 30.9 Å². The van der Waals surface area contributed by atoms with Crippen molar-refractivity contribution in [2.24, 2.45) is 5.73 Å². The van der Waals surface area contributed by atoms with Crippen molar-refractivity contribution in [3.05, 3.63) is 36.1 Å². The minimum atomic E-state index is 0.187. The van der Waals surface area contributed by atoms with Gasteiger partial charge in [0, 0.05) is 11.9 Å². The standard InChI is InChI=1S/C16H24N2O/c1-3-9-18(10-4-2)14(12-17)16-11-13-7-5-6-8-15(13)19-16/h5-8,11,14H,3-4,9-10,12,17H2,1-2H3. The summed E-state index contributed by atoms with van der Waals surface area (Å²) in [5.74, 6) is 0.991. The smallest absolute Gasteiger partial charge is 0.134 e. The number of hydrogen-bond acceptors (Lipinski definition) is 3. The van der Waals surface area contributed by atoms with Crippen LogP contribution in [-0.2, 0) is 0 Å². The summed E-state index contributed by atoms with van der Waals surface area (Å²) >= 11 is 0. The van der Waals surface area contributed by atoms with Crippen LogP contribution in [0.3, 0.4) is 0 Å². The first-order chi connectivity index (χ1) is 9.30. The van der Waals surface area contributed by atoms with Gasteiger partial charge in [0.25, 0.3) is 0 Å². The monoisotopic (exact) mass is 260 g/mol. The molecule has 3 heteroatoms. The van der Waals surface area contributed by atoms with Crippen molar-refractivity contribution < 1.29 is 4.42 Å². The van der Waals surface area contributed by atoms with Crippen LogP contribution < -0.4 is 5.73 Å². The van der Waals surface area contributed by atoms with E-state index >= 15 is 0 Å². The van der Waals surface area contributed by atoms with Crippen molar-refractivity contribution in [1.29, 1.82) is 0 Å². The Kier molecular flexibility index (Phi) is 5.00. The van der Waals surface area contributed by atoms with Gasteiger partial charge in [0.05, 0.1) is 6.04 Å². The molecule has 1 heterocycles. The van der Waals surface area contributed by atoms with Crippen LogP contribution in [0, 0.1) is 0 Å². The first-order valence-electron chi connectivity index (χ1n) is 7.22. The van der Waals surface area contributed by atoms with Crippen LogP contribution in [0.15, 0.2) is 34.7 Å². The van der Waals surface area contributed by atoms with Gasteiger partial charge >= 0.3 is 0 Å². The van der Waals surface area contributed by atoms with Crippen molar-refractivity contribution in [1.82, 2.24) is 4.90 Å². The maximum absolute atomic E-state index is 5.99. The predicted octanol–water partition coefficient (Wildman–Crippen LogP) is 3.55. The molecule has 104 valence electrons. The maximum Gasteiger partial charge on any atom is 0.134 e. The maximum atomic E-state index is 5.99. The van der Waals surface area contributed by atoms with Crippen LogP contribution in [0.5, 0.6) is 0 Å². The third kappa shape index (κ3) is 3.17. The topological polar surface area (TPSA) is 42.4 Å². The largest absolute Gasteiger partial charge is 0.459 e. The highest BCUT2D eigenvalue weighted by Crippen LogP contribution is 2.27. The van der Waals surface area contributed by atoms with Gasteiger partial charge in [-0.05, 0) is 38.1 Å². The molecule has 0 aliphatic carbocycles. The van der Waals surface area contributed by atoms with Gasteiger partial charge in [-0.15, -0.1) is 0 Å². The summed E-state index contributed by atoms with van der Waals surface area (Å²) in [7, 11) is 0. The lowest BCUT2D eigenvalue weighted by Gasteiger charge is -2.28. The average Bonchev–Trinajstić information content (AvgIpc) is 2.83. The highest BCUT2D eigenvalue weighted by molar-refractivity contribution is 5.77. The molecule has 0 saturated carbocycles. The molecule has 0 bridgehead atoms. The normalized spacial score (nSPS) is 13.3. The number of hydrogen-bond donors (Lipinski definition) is 1. The average molecular weight is 260 g/mol. The Morgan fingerprint density at radius 2 is 1.84 bits per heavy atom. The second kappa shape index (κ2) is 6.73. The molecule has 0 fully saturated rings. The van der Waals surface area contributed by atoms with Crippen molar-refractivity contribution >= 4 is 11.0 Å². The number of furan rings is 1. The summed E-state index contributed by atoms with van der Waals surface area (Å²) in [6, 6.07) is 10.5. The quantitative estimate of drug-likeness (QED) is 0.827. The van der Waals surface area contributed by atoms with E-state index in [1.54, 1.807) is 0 Å². The molecule has 1 aromatic carbocycles. The van der Waals surface area contributed by atoms with E-state index in [9.17, 15) is 0 Å². The summed E-state index contributed by atoms with van der Waals surface area (Å²) < 4.78 is 5.97. The molecule has 19 heavy (non-hydrogen) atoms. The third-order valence-electron chi connectivity index (χ3n) is 3.46. The van der Waals surface area contributed by atoms with Crippen LogP contribution in [0.1, 0.15) is 38.5 Å². The molecule has 2 rings (SSSR count). The van der Waals surface area contributed by atoms with Crippen molar-refractivity contribution in [2.75, 3.05) is 19.6 Å². The number of benzene rings is 1. The zero-order valence-corrected chi connectivity index (χ0v) is 11.9. The van der Waals surface area contributed by atoms with Crippen LogP contribution in [0.4, 0.5) is 0 Å². The Bertz CT molecular complexity index is 467. The number of fused-ring (bicyclic) bond motifs is 1. The summed E-state index contributed by atoms with van der Waals surface area (Å²) in [5.41, 5.74) is 6.93. The lowest BCUT2D eigenvalue weighted by Crippen LogP contribution is -2.34. The minimum absolute atomic E-state index is 0.187. The predicted molar refractivity (Wildman–Crippen MR) is 80.2 cm³/mol. The Balaban J connectivity index is 2.28. The molecule has 0 spiro atoms. The summed E-state index contributed by atoms with van der Waals surface area (Å²) in [4.78, 5) is 2.43. The molecule has 0 saturated heterocycles. The van der Waals surface area contributed by atoms with E-state index in [1.807, 2.05) is 18.2 Å². The molecule has 1 atom stereocenters. The lowest BCUT2D eigenvalue weighted by atomic mass is 10.1. The molecule has 0 radical (unpaired) electrons. The van der Waals surface area contributed by atoms with Crippen molar-refractivity contribution in [2.45, 2.75) is 32.7 Å². The van der Waals surface area contributed by atoms with Crippen LogP contribution in [0.25, 0.3) is 11.0 Å². The molecule has 0 amide bonds. The fourth-order valence-corrected chi connectivity index (χ4v) is 2.61. The molecule has 1 unspecified atom stereocenters. The number of nitrogens with two attached hydrogens (primary N) is 1.